The zero-order chi connectivity index (χ0) is 13.1. The summed E-state index contributed by atoms with van der Waals surface area (Å²) in [7, 11) is 5.08. The van der Waals surface area contributed by atoms with Crippen LogP contribution in [0.5, 0.6) is 11.5 Å². The molecule has 1 aromatic carbocycles. The zero-order valence-corrected chi connectivity index (χ0v) is 10.7. The maximum absolute atomic E-state index is 9.17. The first kappa shape index (κ1) is 12.4. The second-order valence-electron chi connectivity index (χ2n) is 3.89. The molecule has 0 bridgehead atoms. The Bertz CT molecular complexity index is 527. The second kappa shape index (κ2) is 5.10. The van der Waals surface area contributed by atoms with Crippen molar-refractivity contribution in [2.75, 3.05) is 14.2 Å². The van der Waals surface area contributed by atoms with Gasteiger partial charge in [-0.15, -0.1) is 0 Å². The molecule has 18 heavy (non-hydrogen) atoms. The Morgan fingerprint density at radius 2 is 1.78 bits per heavy atom. The van der Waals surface area contributed by atoms with E-state index in [9.17, 15) is 0 Å². The summed E-state index contributed by atoms with van der Waals surface area (Å²) >= 11 is 0. The van der Waals surface area contributed by atoms with Crippen molar-refractivity contribution in [1.29, 1.82) is 0 Å². The van der Waals surface area contributed by atoms with Gasteiger partial charge in [0.2, 0.25) is 0 Å². The number of aliphatic hydroxyl groups excluding tert-OH is 1. The van der Waals surface area contributed by atoms with Crippen LogP contribution in [0.1, 0.15) is 5.69 Å². The average Bonchev–Trinajstić information content (AvgIpc) is 2.79. The van der Waals surface area contributed by atoms with Crippen LogP contribution in [0.15, 0.2) is 24.4 Å². The van der Waals surface area contributed by atoms with Crippen molar-refractivity contribution in [2.45, 2.75) is 6.61 Å². The first-order chi connectivity index (χ1) is 8.69. The highest BCUT2D eigenvalue weighted by atomic mass is 16.5. The van der Waals surface area contributed by atoms with Crippen molar-refractivity contribution in [1.82, 2.24) is 9.55 Å². The molecule has 0 saturated carbocycles. The molecule has 0 fully saturated rings. The van der Waals surface area contributed by atoms with Gasteiger partial charge in [-0.3, -0.25) is 0 Å². The van der Waals surface area contributed by atoms with Crippen LogP contribution < -0.4 is 9.47 Å². The molecule has 0 aliphatic heterocycles. The van der Waals surface area contributed by atoms with E-state index in [0.717, 1.165) is 17.1 Å². The van der Waals surface area contributed by atoms with Gasteiger partial charge in [-0.25, -0.2) is 4.98 Å². The molecule has 0 unspecified atom stereocenters. The van der Waals surface area contributed by atoms with Gasteiger partial charge in [0.25, 0.3) is 0 Å². The molecule has 1 N–H and O–H groups in total. The van der Waals surface area contributed by atoms with Crippen molar-refractivity contribution in [3.05, 3.63) is 30.1 Å². The van der Waals surface area contributed by atoms with Crippen LogP contribution in [0, 0.1) is 0 Å². The zero-order valence-electron chi connectivity index (χ0n) is 10.7. The summed E-state index contributed by atoms with van der Waals surface area (Å²) in [5, 5.41) is 9.17. The van der Waals surface area contributed by atoms with Gasteiger partial charge in [0.15, 0.2) is 0 Å². The van der Waals surface area contributed by atoms with Crippen LogP contribution in [0.4, 0.5) is 0 Å². The largest absolute Gasteiger partial charge is 0.497 e. The summed E-state index contributed by atoms with van der Waals surface area (Å²) in [6, 6.07) is 5.57. The Kier molecular flexibility index (Phi) is 3.53. The Balaban J connectivity index is 2.52. The molecule has 1 aromatic heterocycles. The highest BCUT2D eigenvalue weighted by Crippen LogP contribution is 2.29. The van der Waals surface area contributed by atoms with E-state index in [1.165, 1.54) is 0 Å². The first-order valence-electron chi connectivity index (χ1n) is 5.54. The molecule has 0 aliphatic carbocycles. The molecule has 0 atom stereocenters. The van der Waals surface area contributed by atoms with Gasteiger partial charge >= 0.3 is 0 Å². The van der Waals surface area contributed by atoms with Crippen LogP contribution >= 0.6 is 0 Å². The molecular formula is C13H16N2O3. The summed E-state index contributed by atoms with van der Waals surface area (Å²) in [6.45, 7) is -0.0371. The number of benzene rings is 1. The number of methoxy groups -OCH3 is 2. The number of hydrogen-bond donors (Lipinski definition) is 1. The van der Waals surface area contributed by atoms with Gasteiger partial charge in [0.1, 0.15) is 17.3 Å². The van der Waals surface area contributed by atoms with E-state index in [0.29, 0.717) is 11.5 Å². The molecule has 2 aromatic rings. The third-order valence-electron chi connectivity index (χ3n) is 2.86. The minimum absolute atomic E-state index is 0.0371. The summed E-state index contributed by atoms with van der Waals surface area (Å²) in [6.07, 6.45) is 1.65. The SMILES string of the molecule is COc1cc(OC)cc(-c2ncc(CO)n2C)c1. The molecule has 96 valence electrons. The van der Waals surface area contributed by atoms with E-state index in [-0.39, 0.29) is 6.61 Å². The molecular weight excluding hydrogens is 232 g/mol. The lowest BCUT2D eigenvalue weighted by Crippen LogP contribution is -1.99. The van der Waals surface area contributed by atoms with E-state index in [1.807, 2.05) is 23.7 Å². The topological polar surface area (TPSA) is 56.5 Å². The second-order valence-corrected chi connectivity index (χ2v) is 3.89. The van der Waals surface area contributed by atoms with Gasteiger partial charge in [0.05, 0.1) is 32.7 Å². The third-order valence-corrected chi connectivity index (χ3v) is 2.86. The number of rotatable bonds is 4. The minimum atomic E-state index is -0.0371. The summed E-state index contributed by atoms with van der Waals surface area (Å²) < 4.78 is 12.3. The lowest BCUT2D eigenvalue weighted by atomic mass is 10.2. The molecule has 2 rings (SSSR count). The molecule has 5 heteroatoms. The van der Waals surface area contributed by atoms with Crippen LogP contribution in [0.25, 0.3) is 11.4 Å². The van der Waals surface area contributed by atoms with Crippen LogP contribution in [-0.2, 0) is 13.7 Å². The predicted octanol–water partition coefficient (Wildman–Crippen LogP) is 1.60. The monoisotopic (exact) mass is 248 g/mol. The normalized spacial score (nSPS) is 10.4. The van der Waals surface area contributed by atoms with Crippen LogP contribution in [0.2, 0.25) is 0 Å². The van der Waals surface area contributed by atoms with E-state index < -0.39 is 0 Å². The molecule has 0 amide bonds. The molecule has 0 spiro atoms. The number of aromatic nitrogens is 2. The first-order valence-corrected chi connectivity index (χ1v) is 5.54. The Labute approximate surface area is 106 Å². The van der Waals surface area contributed by atoms with Gasteiger partial charge in [-0.05, 0) is 12.1 Å². The highest BCUT2D eigenvalue weighted by molar-refractivity contribution is 5.61. The van der Waals surface area contributed by atoms with Crippen molar-refractivity contribution in [3.8, 4) is 22.9 Å². The fourth-order valence-corrected chi connectivity index (χ4v) is 1.80. The minimum Gasteiger partial charge on any atom is -0.497 e. The maximum Gasteiger partial charge on any atom is 0.140 e. The van der Waals surface area contributed by atoms with E-state index in [4.69, 9.17) is 14.6 Å². The molecule has 5 nitrogen and oxygen atoms in total. The lowest BCUT2D eigenvalue weighted by Gasteiger charge is -2.09. The highest BCUT2D eigenvalue weighted by Gasteiger charge is 2.10. The quantitative estimate of drug-likeness (QED) is 0.892. The summed E-state index contributed by atoms with van der Waals surface area (Å²) in [5.41, 5.74) is 1.64. The van der Waals surface area contributed by atoms with E-state index >= 15 is 0 Å². The Morgan fingerprint density at radius 1 is 1.17 bits per heavy atom. The van der Waals surface area contributed by atoms with Gasteiger partial charge in [-0.1, -0.05) is 0 Å². The number of nitrogens with zero attached hydrogens (tertiary/aromatic N) is 2. The number of aliphatic hydroxyl groups is 1. The summed E-state index contributed by atoms with van der Waals surface area (Å²) in [4.78, 5) is 4.30. The van der Waals surface area contributed by atoms with Crippen molar-refractivity contribution >= 4 is 0 Å². The van der Waals surface area contributed by atoms with E-state index in [1.54, 1.807) is 26.5 Å². The Morgan fingerprint density at radius 3 is 2.22 bits per heavy atom. The molecule has 0 aliphatic rings. The number of ether oxygens (including phenoxy) is 2. The van der Waals surface area contributed by atoms with Crippen LogP contribution in [-0.4, -0.2) is 28.9 Å². The standard InChI is InChI=1S/C13H16N2O3/c1-15-10(8-16)7-14-13(15)9-4-11(17-2)6-12(5-9)18-3/h4-7,16H,8H2,1-3H3. The van der Waals surface area contributed by atoms with Gasteiger partial charge in [0, 0.05) is 18.7 Å². The molecule has 0 saturated heterocycles. The maximum atomic E-state index is 9.17. The van der Waals surface area contributed by atoms with E-state index in [2.05, 4.69) is 4.98 Å². The fraction of sp³-hybridized carbons (Fsp3) is 0.308. The predicted molar refractivity (Wildman–Crippen MR) is 67.7 cm³/mol. The molecule has 0 radical (unpaired) electrons. The fourth-order valence-electron chi connectivity index (χ4n) is 1.80. The third kappa shape index (κ3) is 2.17. The summed E-state index contributed by atoms with van der Waals surface area (Å²) in [5.74, 6) is 2.17. The van der Waals surface area contributed by atoms with Gasteiger partial charge in [-0.2, -0.15) is 0 Å². The van der Waals surface area contributed by atoms with Gasteiger partial charge < -0.3 is 19.1 Å². The number of hydrogen-bond acceptors (Lipinski definition) is 4. The smallest absolute Gasteiger partial charge is 0.140 e. The van der Waals surface area contributed by atoms with Crippen molar-refractivity contribution in [2.24, 2.45) is 7.05 Å². The van der Waals surface area contributed by atoms with Crippen molar-refractivity contribution < 1.29 is 14.6 Å². The van der Waals surface area contributed by atoms with Crippen molar-refractivity contribution in [3.63, 3.8) is 0 Å². The molecule has 1 heterocycles. The van der Waals surface area contributed by atoms with Crippen LogP contribution in [0.3, 0.4) is 0 Å². The lowest BCUT2D eigenvalue weighted by molar-refractivity contribution is 0.273. The Hall–Kier alpha value is -2.01. The average molecular weight is 248 g/mol. The number of imidazole rings is 1.